The fourth-order valence-electron chi connectivity index (χ4n) is 3.33. The first kappa shape index (κ1) is 16.8. The van der Waals surface area contributed by atoms with Crippen LogP contribution in [-0.2, 0) is 6.18 Å². The smallest absolute Gasteiger partial charge is 0.417 e. The summed E-state index contributed by atoms with van der Waals surface area (Å²) in [6, 6.07) is 7.07. The number of aldehydes is 1. The van der Waals surface area contributed by atoms with Gasteiger partial charge in [-0.1, -0.05) is 25.1 Å². The van der Waals surface area contributed by atoms with Gasteiger partial charge in [-0.3, -0.25) is 4.79 Å². The van der Waals surface area contributed by atoms with Crippen molar-refractivity contribution in [3.05, 3.63) is 41.5 Å². The molecule has 1 saturated carbocycles. The topological polar surface area (TPSA) is 26.3 Å². The molecule has 0 spiro atoms. The van der Waals surface area contributed by atoms with E-state index in [9.17, 15) is 18.0 Å². The van der Waals surface area contributed by atoms with Crippen LogP contribution >= 0.6 is 0 Å². The minimum Gasteiger partial charge on any atom is -0.489 e. The van der Waals surface area contributed by atoms with Crippen LogP contribution in [-0.4, -0.2) is 12.4 Å². The van der Waals surface area contributed by atoms with Crippen LogP contribution in [0.1, 0.15) is 48.5 Å². The summed E-state index contributed by atoms with van der Waals surface area (Å²) < 4.78 is 46.2. The van der Waals surface area contributed by atoms with Gasteiger partial charge in [0.1, 0.15) is 5.75 Å². The van der Waals surface area contributed by atoms with Crippen LogP contribution in [0.15, 0.2) is 30.3 Å². The van der Waals surface area contributed by atoms with Crippen LogP contribution < -0.4 is 4.74 Å². The largest absolute Gasteiger partial charge is 0.489 e. The average molecular weight is 336 g/mol. The van der Waals surface area contributed by atoms with E-state index >= 15 is 0 Å². The Morgan fingerprint density at radius 1 is 1.08 bits per heavy atom. The number of fused-ring (bicyclic) bond motifs is 1. The molecule has 3 rings (SSSR count). The van der Waals surface area contributed by atoms with Crippen molar-refractivity contribution in [1.82, 2.24) is 0 Å². The molecule has 0 N–H and O–H groups in total. The first-order chi connectivity index (χ1) is 11.4. The highest BCUT2D eigenvalue weighted by Crippen LogP contribution is 2.41. The molecule has 0 amide bonds. The number of halogens is 3. The number of benzene rings is 2. The summed E-state index contributed by atoms with van der Waals surface area (Å²) in [5.41, 5.74) is -0.597. The van der Waals surface area contributed by atoms with E-state index in [-0.39, 0.29) is 22.8 Å². The molecule has 1 aliphatic rings. The summed E-state index contributed by atoms with van der Waals surface area (Å²) in [6.45, 7) is 2.16. The van der Waals surface area contributed by atoms with Crippen molar-refractivity contribution < 1.29 is 22.7 Å². The Balaban J connectivity index is 2.11. The van der Waals surface area contributed by atoms with E-state index in [1.54, 1.807) is 6.07 Å². The SMILES string of the molecule is CC1CCC(Oc2c(C=O)ccc3cccc(C(F)(F)F)c23)CC1. The fraction of sp³-hybridized carbons (Fsp3) is 0.421. The summed E-state index contributed by atoms with van der Waals surface area (Å²) >= 11 is 0. The van der Waals surface area contributed by atoms with Gasteiger partial charge >= 0.3 is 6.18 Å². The second-order valence-corrected chi connectivity index (χ2v) is 6.50. The number of carbonyl (C=O) groups is 1. The second kappa shape index (κ2) is 6.46. The zero-order valence-electron chi connectivity index (χ0n) is 13.4. The number of ether oxygens (including phenoxy) is 1. The van der Waals surface area contributed by atoms with Crippen LogP contribution in [0.4, 0.5) is 13.2 Å². The predicted molar refractivity (Wildman–Crippen MR) is 86.4 cm³/mol. The molecule has 0 saturated heterocycles. The van der Waals surface area contributed by atoms with E-state index in [1.807, 2.05) is 0 Å². The number of carbonyl (C=O) groups excluding carboxylic acids is 1. The van der Waals surface area contributed by atoms with Gasteiger partial charge in [0.2, 0.25) is 0 Å². The molecule has 0 atom stereocenters. The van der Waals surface area contributed by atoms with Gasteiger partial charge in [0, 0.05) is 5.39 Å². The van der Waals surface area contributed by atoms with Gasteiger partial charge in [-0.2, -0.15) is 13.2 Å². The lowest BCUT2D eigenvalue weighted by molar-refractivity contribution is -0.136. The van der Waals surface area contributed by atoms with Gasteiger partial charge in [-0.25, -0.2) is 0 Å². The van der Waals surface area contributed by atoms with E-state index < -0.39 is 11.7 Å². The summed E-state index contributed by atoms with van der Waals surface area (Å²) in [5.74, 6) is 0.670. The highest BCUT2D eigenvalue weighted by molar-refractivity contribution is 5.98. The Bertz CT molecular complexity index is 744. The van der Waals surface area contributed by atoms with E-state index in [0.29, 0.717) is 17.6 Å². The number of hydrogen-bond acceptors (Lipinski definition) is 2. The van der Waals surface area contributed by atoms with Gasteiger partial charge in [0.25, 0.3) is 0 Å². The molecule has 0 unspecified atom stereocenters. The Kier molecular flexibility index (Phi) is 4.52. The molecule has 2 aromatic carbocycles. The summed E-state index contributed by atoms with van der Waals surface area (Å²) in [5, 5.41) is 0.405. The predicted octanol–water partition coefficient (Wildman–Crippen LogP) is 5.63. The zero-order valence-corrected chi connectivity index (χ0v) is 13.4. The van der Waals surface area contributed by atoms with Gasteiger partial charge < -0.3 is 4.74 Å². The Morgan fingerprint density at radius 3 is 2.42 bits per heavy atom. The monoisotopic (exact) mass is 336 g/mol. The molecule has 2 aromatic rings. The zero-order chi connectivity index (χ0) is 17.3. The molecule has 0 aromatic heterocycles. The summed E-state index contributed by atoms with van der Waals surface area (Å²) in [4.78, 5) is 11.4. The average Bonchev–Trinajstić information content (AvgIpc) is 2.55. The Morgan fingerprint density at radius 2 is 1.79 bits per heavy atom. The van der Waals surface area contributed by atoms with E-state index in [0.717, 1.165) is 31.7 Å². The third-order valence-electron chi connectivity index (χ3n) is 4.71. The fourth-order valence-corrected chi connectivity index (χ4v) is 3.33. The van der Waals surface area contributed by atoms with Crippen molar-refractivity contribution in [1.29, 1.82) is 0 Å². The molecular weight excluding hydrogens is 317 g/mol. The summed E-state index contributed by atoms with van der Waals surface area (Å²) in [6.07, 6.45) is -0.524. The maximum absolute atomic E-state index is 13.4. The number of hydrogen-bond donors (Lipinski definition) is 0. The quantitative estimate of drug-likeness (QED) is 0.679. The van der Waals surface area contributed by atoms with Gasteiger partial charge in [-0.15, -0.1) is 0 Å². The van der Waals surface area contributed by atoms with Gasteiger partial charge in [0.15, 0.2) is 6.29 Å². The maximum Gasteiger partial charge on any atom is 0.417 e. The van der Waals surface area contributed by atoms with Crippen LogP contribution in [0.3, 0.4) is 0 Å². The van der Waals surface area contributed by atoms with E-state index in [2.05, 4.69) is 6.92 Å². The van der Waals surface area contributed by atoms with Crippen molar-refractivity contribution in [2.45, 2.75) is 44.9 Å². The van der Waals surface area contributed by atoms with Crippen LogP contribution in [0.2, 0.25) is 0 Å². The molecule has 2 nitrogen and oxygen atoms in total. The lowest BCUT2D eigenvalue weighted by Crippen LogP contribution is -2.24. The lowest BCUT2D eigenvalue weighted by Gasteiger charge is -2.28. The highest BCUT2D eigenvalue weighted by Gasteiger charge is 2.34. The van der Waals surface area contributed by atoms with Crippen LogP contribution in [0, 0.1) is 5.92 Å². The van der Waals surface area contributed by atoms with Gasteiger partial charge in [0.05, 0.1) is 17.2 Å². The number of rotatable bonds is 3. The molecule has 1 fully saturated rings. The lowest BCUT2D eigenvalue weighted by atomic mass is 9.89. The Labute approximate surface area is 138 Å². The van der Waals surface area contributed by atoms with Crippen molar-refractivity contribution in [3.63, 3.8) is 0 Å². The van der Waals surface area contributed by atoms with Crippen molar-refractivity contribution in [2.75, 3.05) is 0 Å². The molecule has 0 heterocycles. The van der Waals surface area contributed by atoms with Gasteiger partial charge in [-0.05, 0) is 49.1 Å². The molecule has 5 heteroatoms. The minimum atomic E-state index is -4.50. The van der Waals surface area contributed by atoms with Crippen LogP contribution in [0.5, 0.6) is 5.75 Å². The minimum absolute atomic E-state index is 0.0202. The van der Waals surface area contributed by atoms with Crippen molar-refractivity contribution in [2.24, 2.45) is 5.92 Å². The molecule has 0 aliphatic heterocycles. The Hall–Kier alpha value is -2.04. The molecule has 1 aliphatic carbocycles. The van der Waals surface area contributed by atoms with Crippen LogP contribution in [0.25, 0.3) is 10.8 Å². The van der Waals surface area contributed by atoms with Crippen molar-refractivity contribution in [3.8, 4) is 5.75 Å². The number of alkyl halides is 3. The molecule has 0 radical (unpaired) electrons. The molecule has 0 bridgehead atoms. The first-order valence-corrected chi connectivity index (χ1v) is 8.15. The maximum atomic E-state index is 13.4. The molecule has 24 heavy (non-hydrogen) atoms. The van der Waals surface area contributed by atoms with E-state index in [4.69, 9.17) is 4.74 Å². The molecule has 128 valence electrons. The third-order valence-corrected chi connectivity index (χ3v) is 4.71. The summed E-state index contributed by atoms with van der Waals surface area (Å²) in [7, 11) is 0. The normalized spacial score (nSPS) is 21.7. The van der Waals surface area contributed by atoms with Crippen molar-refractivity contribution >= 4 is 17.1 Å². The molecular formula is C19H19F3O2. The second-order valence-electron chi connectivity index (χ2n) is 6.50. The standard InChI is InChI=1S/C19H19F3O2/c1-12-5-9-15(10-6-12)24-18-14(11-23)8-7-13-3-2-4-16(17(13)18)19(20,21)22/h2-4,7-8,11-12,15H,5-6,9-10H2,1H3. The first-order valence-electron chi connectivity index (χ1n) is 8.15. The highest BCUT2D eigenvalue weighted by atomic mass is 19.4. The third kappa shape index (κ3) is 3.25. The van der Waals surface area contributed by atoms with E-state index in [1.165, 1.54) is 18.2 Å².